The van der Waals surface area contributed by atoms with Crippen LogP contribution in [0.25, 0.3) is 22.3 Å². The second-order valence-corrected chi connectivity index (χ2v) is 37.5. The van der Waals surface area contributed by atoms with E-state index in [1.807, 2.05) is 275 Å². The normalized spacial score (nSPS) is 14.3. The maximum atomic E-state index is 12.7. The first kappa shape index (κ1) is 82.8. The largest absolute Gasteiger partial charge is 0.507 e. The molecular weight excluding hydrogens is 1360 g/mol. The number of phenols is 4. The number of aromatic hydroxyl groups is 4. The lowest BCUT2D eigenvalue weighted by atomic mass is 9.79. The Morgan fingerprint density at radius 1 is 0.257 bits per heavy atom. The molecule has 0 bridgehead atoms. The Labute approximate surface area is 647 Å². The molecule has 12 rings (SSSR count). The lowest BCUT2D eigenvalue weighted by Gasteiger charge is -2.27. The van der Waals surface area contributed by atoms with Crippen LogP contribution in [-0.2, 0) is 62.5 Å². The fourth-order valence-corrected chi connectivity index (χ4v) is 13.1. The molecule has 0 aliphatic heterocycles. The minimum Gasteiger partial charge on any atom is -0.507 e. The second-order valence-electron chi connectivity index (χ2n) is 37.5. The van der Waals surface area contributed by atoms with Gasteiger partial charge in [-0.3, -0.25) is 0 Å². The molecule has 12 nitrogen and oxygen atoms in total. The van der Waals surface area contributed by atoms with Gasteiger partial charge in [-0.1, -0.05) is 281 Å². The van der Waals surface area contributed by atoms with E-state index in [0.717, 1.165) is 117 Å². The minimum atomic E-state index is -0.306. The van der Waals surface area contributed by atoms with E-state index in [-0.39, 0.29) is 90.2 Å². The van der Waals surface area contributed by atoms with Crippen molar-refractivity contribution in [3.8, 4) is 46.0 Å². The van der Waals surface area contributed by atoms with Gasteiger partial charge >= 0.3 is 23.9 Å². The SMILES string of the molecule is CC(C)(C)c1cc(OC(=O)C2=C(c3ccccc3)C2)cc(C(C)(C)C)c1O.CC(C)(C)c1cc(OC(=O)C2=C(c3ccccc3)C2)cc(C(C)(C)C)c1O.CC(C)(C)c1cc(OC(=O)C2=C(c3ccccc3)C2)cc(C(C)(C)C)c1O.Cc1ccccc1C1=C(C(=O)Oc2cc(C(C)(C)C)c(O)c(C(C)(C)C)c2)C1. The fourth-order valence-electron chi connectivity index (χ4n) is 13.1. The van der Waals surface area contributed by atoms with Gasteiger partial charge in [-0.25, -0.2) is 19.2 Å². The Kier molecular flexibility index (Phi) is 23.6. The van der Waals surface area contributed by atoms with Gasteiger partial charge in [-0.15, -0.1) is 0 Å². The van der Waals surface area contributed by atoms with Crippen molar-refractivity contribution in [2.45, 2.75) is 242 Å². The topological polar surface area (TPSA) is 186 Å². The third kappa shape index (κ3) is 20.6. The molecule has 0 fully saturated rings. The molecule has 8 aromatic rings. The Morgan fingerprint density at radius 3 is 0.624 bits per heavy atom. The van der Waals surface area contributed by atoms with Gasteiger partial charge < -0.3 is 39.4 Å². The highest BCUT2D eigenvalue weighted by Crippen LogP contribution is 2.50. The zero-order valence-electron chi connectivity index (χ0n) is 69.0. The number of carbonyl (C=O) groups is 4. The van der Waals surface area contributed by atoms with Crippen LogP contribution in [-0.4, -0.2) is 44.3 Å². The zero-order chi connectivity index (χ0) is 80.8. The molecule has 0 unspecified atom stereocenters. The van der Waals surface area contributed by atoms with E-state index in [1.54, 1.807) is 48.5 Å². The van der Waals surface area contributed by atoms with Crippen molar-refractivity contribution < 1.29 is 58.6 Å². The Hall–Kier alpha value is -10.2. The van der Waals surface area contributed by atoms with E-state index >= 15 is 0 Å². The van der Waals surface area contributed by atoms with Gasteiger partial charge in [0, 0.05) is 92.5 Å². The summed E-state index contributed by atoms with van der Waals surface area (Å²) in [4.78, 5) is 50.6. The van der Waals surface area contributed by atoms with Crippen molar-refractivity contribution in [3.63, 3.8) is 0 Å². The van der Waals surface area contributed by atoms with Gasteiger partial charge in [-0.05, 0) is 149 Å². The molecule has 0 heterocycles. The van der Waals surface area contributed by atoms with Gasteiger partial charge in [0.05, 0.1) is 0 Å². The predicted octanol–water partition coefficient (Wildman–Crippen LogP) is 23.3. The van der Waals surface area contributed by atoms with E-state index < -0.39 is 0 Å². The second kappa shape index (κ2) is 31.0. The molecule has 0 saturated heterocycles. The van der Waals surface area contributed by atoms with Gasteiger partial charge in [0.2, 0.25) is 0 Å². The van der Waals surface area contributed by atoms with Crippen molar-refractivity contribution in [3.05, 3.63) is 258 Å². The average Bonchev–Trinajstić information content (AvgIpc) is 1.76. The molecule has 0 aromatic heterocycles. The molecule has 8 aromatic carbocycles. The van der Waals surface area contributed by atoms with Gasteiger partial charge in [0.15, 0.2) is 0 Å². The average molecular weight is 1470 g/mol. The molecule has 0 spiro atoms. The van der Waals surface area contributed by atoms with Gasteiger partial charge in [0.1, 0.15) is 46.0 Å². The summed E-state index contributed by atoms with van der Waals surface area (Å²) in [6.07, 6.45) is 2.66. The maximum absolute atomic E-state index is 12.7. The van der Waals surface area contributed by atoms with E-state index in [9.17, 15) is 39.6 Å². The smallest absolute Gasteiger partial charge is 0.340 e. The Bertz CT molecular complexity index is 4430. The molecule has 0 amide bonds. The highest BCUT2D eigenvalue weighted by Gasteiger charge is 2.38. The summed E-state index contributed by atoms with van der Waals surface area (Å²) >= 11 is 0. The highest BCUT2D eigenvalue weighted by molar-refractivity contribution is 6.11. The van der Waals surface area contributed by atoms with Gasteiger partial charge in [-0.2, -0.15) is 0 Å². The summed E-state index contributed by atoms with van der Waals surface area (Å²) in [6, 6.07) is 52.1. The van der Waals surface area contributed by atoms with Crippen LogP contribution in [0.5, 0.6) is 46.0 Å². The number of hydrogen-bond donors (Lipinski definition) is 4. The number of rotatable bonds is 12. The van der Waals surface area contributed by atoms with Crippen LogP contribution in [0, 0.1) is 6.92 Å². The number of ether oxygens (including phenoxy) is 4. The minimum absolute atomic E-state index is 0.263. The van der Waals surface area contributed by atoms with Crippen LogP contribution in [0.2, 0.25) is 0 Å². The number of phenolic OH excluding ortho intramolecular Hbond substituents is 4. The molecule has 12 heteroatoms. The van der Waals surface area contributed by atoms with Crippen LogP contribution in [0.15, 0.2) is 186 Å². The van der Waals surface area contributed by atoms with E-state index in [1.165, 1.54) is 0 Å². The Morgan fingerprint density at radius 2 is 0.431 bits per heavy atom. The number of esters is 4. The van der Waals surface area contributed by atoms with Crippen LogP contribution >= 0.6 is 0 Å². The number of hydrogen-bond acceptors (Lipinski definition) is 12. The molecule has 0 radical (unpaired) electrons. The number of allylic oxidation sites excluding steroid dienone is 4. The zero-order valence-corrected chi connectivity index (χ0v) is 69.0. The van der Waals surface area contributed by atoms with Crippen molar-refractivity contribution >= 4 is 46.2 Å². The van der Waals surface area contributed by atoms with Crippen molar-refractivity contribution in [1.82, 2.24) is 0 Å². The quantitative estimate of drug-likeness (QED) is 0.0671. The van der Waals surface area contributed by atoms with Gasteiger partial charge in [0.25, 0.3) is 0 Å². The summed E-state index contributed by atoms with van der Waals surface area (Å²) in [5.41, 5.74) is 16.8. The lowest BCUT2D eigenvalue weighted by molar-refractivity contribution is -0.130. The van der Waals surface area contributed by atoms with Crippen molar-refractivity contribution in [2.24, 2.45) is 0 Å². The third-order valence-electron chi connectivity index (χ3n) is 19.8. The summed E-state index contributed by atoms with van der Waals surface area (Å²) in [5.74, 6) is 1.85. The summed E-state index contributed by atoms with van der Waals surface area (Å²) in [6.45, 7) is 51.0. The summed E-state index contributed by atoms with van der Waals surface area (Å²) in [7, 11) is 0. The molecule has 4 N–H and O–H groups in total. The summed E-state index contributed by atoms with van der Waals surface area (Å²) in [5, 5.41) is 43.2. The first-order valence-electron chi connectivity index (χ1n) is 37.9. The Balaban J connectivity index is 0.000000167. The van der Waals surface area contributed by atoms with E-state index in [2.05, 4.69) is 13.0 Å². The standard InChI is InChI=1S/C25H30O3.3C24H28O3/c1-15-10-8-9-11-17(15)18-14-19(18)23(27)28-16-12-20(24(2,3)4)22(26)21(13-16)25(5,6)7;3*1-23(2,3)19-12-16(13-20(21(19)25)24(4,5)6)27-22(26)18-14-17(18)15-10-8-7-9-11-15/h8-13,26H,14H2,1-7H3;3*7-13,25H,14H2,1-6H3. The molecule has 109 heavy (non-hydrogen) atoms. The maximum Gasteiger partial charge on any atom is 0.340 e. The molecule has 4 aliphatic carbocycles. The highest BCUT2D eigenvalue weighted by atomic mass is 16.5. The van der Waals surface area contributed by atoms with Crippen molar-refractivity contribution in [2.75, 3.05) is 0 Å². The van der Waals surface area contributed by atoms with Crippen molar-refractivity contribution in [1.29, 1.82) is 0 Å². The first-order chi connectivity index (χ1) is 50.3. The van der Waals surface area contributed by atoms with Crippen LogP contribution in [0.3, 0.4) is 0 Å². The molecule has 0 atom stereocenters. The third-order valence-corrected chi connectivity index (χ3v) is 19.8. The number of benzene rings is 8. The molecule has 574 valence electrons. The van der Waals surface area contributed by atoms with E-state index in [4.69, 9.17) is 18.9 Å². The monoisotopic (exact) mass is 1470 g/mol. The lowest BCUT2D eigenvalue weighted by Crippen LogP contribution is -2.18. The fraction of sp³-hybridized carbons (Fsp3) is 0.381. The number of aryl methyl sites for hydroxylation is 1. The first-order valence-corrected chi connectivity index (χ1v) is 37.9. The van der Waals surface area contributed by atoms with Crippen LogP contribution < -0.4 is 18.9 Å². The van der Waals surface area contributed by atoms with Crippen LogP contribution in [0.4, 0.5) is 0 Å². The van der Waals surface area contributed by atoms with E-state index in [0.29, 0.717) is 48.7 Å². The predicted molar refractivity (Wildman–Crippen MR) is 441 cm³/mol. The van der Waals surface area contributed by atoms with Crippen LogP contribution in [0.1, 0.15) is 264 Å². The summed E-state index contributed by atoms with van der Waals surface area (Å²) < 4.78 is 22.9. The number of carbonyl (C=O) groups excluding carboxylic acids is 4. The molecule has 4 aliphatic rings. The molecular formula is C97H114O12. The molecule has 0 saturated carbocycles.